The number of nitrogens with two attached hydrogens (primary N) is 2. The number of aromatic amines is 1. The lowest BCUT2D eigenvalue weighted by Gasteiger charge is -2.24. The SMILES string of the molecule is Nc1nc2c(nc(SCCNC(=O)CCCC[C@@H]3SC[C@@H]4NC(=O)N[C@@H]43)n2[C@@H]2O[C@H](COP(=O)(O)O[C@H]3[C@@H](O)[C@H](n4cnc5c(N)ncnc54)O[C@@H]3COP(=O)(O)O)[C@@H](O)[C@H]2O)c(=O)[nH]1. The first-order chi connectivity index (χ1) is 30.9. The first-order valence-electron chi connectivity index (χ1n) is 19.9. The molecule has 0 aliphatic carbocycles. The molecule has 1 unspecified atom stereocenters. The van der Waals surface area contributed by atoms with E-state index in [1.807, 2.05) is 0 Å². The minimum Gasteiger partial charge on any atom is -0.387 e. The second-order valence-corrected chi connectivity index (χ2v) is 20.2. The van der Waals surface area contributed by atoms with E-state index in [-0.39, 0.29) is 87.2 Å². The topological polar surface area (TPSA) is 431 Å². The molecule has 0 spiro atoms. The van der Waals surface area contributed by atoms with E-state index in [1.165, 1.54) is 15.5 Å². The normalized spacial score (nSPS) is 29.9. The highest BCUT2D eigenvalue weighted by Crippen LogP contribution is 2.50. The highest BCUT2D eigenvalue weighted by atomic mass is 32.2. The summed E-state index contributed by atoms with van der Waals surface area (Å²) in [5, 5.41) is 42.6. The molecule has 0 saturated carbocycles. The van der Waals surface area contributed by atoms with E-state index < -0.39 is 83.5 Å². The van der Waals surface area contributed by atoms with E-state index in [2.05, 4.69) is 50.4 Å². The maximum Gasteiger partial charge on any atom is 0.472 e. The van der Waals surface area contributed by atoms with Crippen molar-refractivity contribution in [2.24, 2.45) is 0 Å². The fourth-order valence-electron chi connectivity index (χ4n) is 7.88. The van der Waals surface area contributed by atoms with Crippen molar-refractivity contribution in [1.29, 1.82) is 0 Å². The Morgan fingerprint density at radius 2 is 1.72 bits per heavy atom. The van der Waals surface area contributed by atoms with Crippen LogP contribution in [0.2, 0.25) is 0 Å². The van der Waals surface area contributed by atoms with Crippen LogP contribution in [0.1, 0.15) is 38.1 Å². The number of rotatable bonds is 19. The zero-order valence-electron chi connectivity index (χ0n) is 33.6. The predicted molar refractivity (Wildman–Crippen MR) is 224 cm³/mol. The number of carbonyl (C=O) groups is 2. The number of anilines is 2. The van der Waals surface area contributed by atoms with Crippen molar-refractivity contribution in [2.75, 3.05) is 42.7 Å². The third-order valence-electron chi connectivity index (χ3n) is 10.9. The summed E-state index contributed by atoms with van der Waals surface area (Å²) < 4.78 is 54.0. The molecular weight excluding hydrogens is 949 g/mol. The molecular formula is C32H45N13O16P2S2. The van der Waals surface area contributed by atoms with Gasteiger partial charge in [-0.3, -0.25) is 37.3 Å². The molecule has 8 heterocycles. The number of nitrogens with zero attached hydrogens (tertiary/aromatic N) is 7. The van der Waals surface area contributed by atoms with Gasteiger partial charge in [0.1, 0.15) is 48.5 Å². The van der Waals surface area contributed by atoms with E-state index in [1.54, 1.807) is 11.8 Å². The van der Waals surface area contributed by atoms with Crippen LogP contribution in [0.5, 0.6) is 0 Å². The molecule has 4 fully saturated rings. The minimum absolute atomic E-state index is 0.0190. The van der Waals surface area contributed by atoms with Crippen LogP contribution in [0.15, 0.2) is 22.6 Å². The molecule has 4 aromatic rings. The number of phosphoric ester groups is 2. The van der Waals surface area contributed by atoms with Crippen LogP contribution in [0.3, 0.4) is 0 Å². The van der Waals surface area contributed by atoms with Gasteiger partial charge < -0.3 is 66.9 Å². The third kappa shape index (κ3) is 10.4. The zero-order chi connectivity index (χ0) is 46.4. The summed E-state index contributed by atoms with van der Waals surface area (Å²) in [5.41, 5.74) is 10.8. The number of nitrogens with one attached hydrogen (secondary N) is 4. The van der Waals surface area contributed by atoms with Crippen molar-refractivity contribution < 1.29 is 71.8 Å². The molecule has 4 saturated heterocycles. The van der Waals surface area contributed by atoms with Gasteiger partial charge in [-0.2, -0.15) is 16.7 Å². The lowest BCUT2D eigenvalue weighted by atomic mass is 10.0. The first-order valence-corrected chi connectivity index (χ1v) is 24.9. The third-order valence-corrected chi connectivity index (χ3v) is 14.8. The van der Waals surface area contributed by atoms with Gasteiger partial charge in [0.15, 0.2) is 40.2 Å². The molecule has 12 atom stereocenters. The van der Waals surface area contributed by atoms with Gasteiger partial charge in [0.05, 0.1) is 31.6 Å². The van der Waals surface area contributed by atoms with Crippen molar-refractivity contribution in [1.82, 2.24) is 55.0 Å². The second kappa shape index (κ2) is 19.3. The van der Waals surface area contributed by atoms with E-state index in [9.17, 15) is 53.5 Å². The number of aliphatic hydroxyl groups is 3. The van der Waals surface area contributed by atoms with E-state index in [0.717, 1.165) is 36.7 Å². The number of carbonyl (C=O) groups excluding carboxylic acids is 2. The number of aromatic nitrogens is 8. The molecule has 33 heteroatoms. The molecule has 29 nitrogen and oxygen atoms in total. The van der Waals surface area contributed by atoms with Crippen LogP contribution in [-0.2, 0) is 37.0 Å². The highest BCUT2D eigenvalue weighted by molar-refractivity contribution is 8.00. The number of aliphatic hydroxyl groups excluding tert-OH is 3. The Hall–Kier alpha value is -4.04. The lowest BCUT2D eigenvalue weighted by Crippen LogP contribution is -2.37. The number of hydrogen-bond acceptors (Lipinski definition) is 22. The molecule has 3 amide bonds. The quantitative estimate of drug-likeness (QED) is 0.0201. The predicted octanol–water partition coefficient (Wildman–Crippen LogP) is -2.45. The van der Waals surface area contributed by atoms with Crippen LogP contribution in [0.4, 0.5) is 16.6 Å². The number of unbranched alkanes of at least 4 members (excludes halogenated alkanes) is 1. The maximum atomic E-state index is 13.4. The summed E-state index contributed by atoms with van der Waals surface area (Å²) in [6.07, 6.45) is -8.60. The van der Waals surface area contributed by atoms with E-state index in [0.29, 0.717) is 6.42 Å². The standard InChI is InChI=1S/C32H45N13O16P2S2/c33-24-18-25(37-10-36-24)44(11-38-18)28-22(49)23(14(60-28)8-57-62(52,53)54)61-63(55,56)58-7-13-20(47)21(48)29(59-13)45-26-19(27(50)43-30(34)42-26)41-32(45)64-6-5-35-16(46)4-2-1-3-15-17-12(9-65-15)39-31(51)40-17/h10-15,17,20-23,28-29,47-49H,1-9H2,(H,35,46)(H,55,56)(H2,33,36,37)(H2,39,40,51)(H2,52,53,54)(H3,34,42,43,50)/t12-,13+,14+,15-,17-,20+,21+,22+,23+,28+,29+/m0/s1. The number of hydrogen-bond donors (Lipinski definition) is 12. The van der Waals surface area contributed by atoms with Crippen molar-refractivity contribution in [3.8, 4) is 0 Å². The van der Waals surface area contributed by atoms with Gasteiger partial charge in [0, 0.05) is 29.7 Å². The molecule has 0 radical (unpaired) electrons. The van der Waals surface area contributed by atoms with Gasteiger partial charge in [-0.15, -0.1) is 0 Å². The number of amides is 3. The van der Waals surface area contributed by atoms with Crippen LogP contribution < -0.4 is 33.0 Å². The summed E-state index contributed by atoms with van der Waals surface area (Å²) in [5.74, 6) is 0.555. The summed E-state index contributed by atoms with van der Waals surface area (Å²) in [6, 6.07) is 0.0541. The molecule has 4 aliphatic heterocycles. The van der Waals surface area contributed by atoms with Gasteiger partial charge in [-0.25, -0.2) is 33.9 Å². The number of urea groups is 1. The van der Waals surface area contributed by atoms with E-state index in [4.69, 9.17) is 30.0 Å². The monoisotopic (exact) mass is 993 g/mol. The Balaban J connectivity index is 0.890. The van der Waals surface area contributed by atoms with Gasteiger partial charge in [0.25, 0.3) is 5.56 Å². The maximum absolute atomic E-state index is 13.4. The average Bonchev–Trinajstić information content (AvgIpc) is 4.09. The summed E-state index contributed by atoms with van der Waals surface area (Å²) >= 11 is 2.85. The Morgan fingerprint density at radius 3 is 2.51 bits per heavy atom. The van der Waals surface area contributed by atoms with Crippen LogP contribution in [0.25, 0.3) is 22.3 Å². The molecule has 14 N–H and O–H groups in total. The number of nitrogen functional groups attached to an aromatic ring is 2. The fraction of sp³-hybridized carbons (Fsp3) is 0.625. The number of ether oxygens (including phenoxy) is 2. The molecule has 4 aromatic heterocycles. The average molecular weight is 994 g/mol. The summed E-state index contributed by atoms with van der Waals surface area (Å²) in [6.45, 7) is -1.69. The molecule has 356 valence electrons. The molecule has 65 heavy (non-hydrogen) atoms. The van der Waals surface area contributed by atoms with Gasteiger partial charge in [-0.1, -0.05) is 18.2 Å². The van der Waals surface area contributed by atoms with Crippen LogP contribution >= 0.6 is 39.2 Å². The Labute approximate surface area is 374 Å². The molecule has 4 aliphatic rings. The lowest BCUT2D eigenvalue weighted by molar-refractivity contribution is -0.121. The Bertz CT molecular complexity index is 2570. The number of phosphoric acid groups is 2. The highest BCUT2D eigenvalue weighted by Gasteiger charge is 2.51. The molecule has 8 rings (SSSR count). The van der Waals surface area contributed by atoms with Gasteiger partial charge >= 0.3 is 21.7 Å². The Kier molecular flexibility index (Phi) is 14.1. The van der Waals surface area contributed by atoms with E-state index >= 15 is 0 Å². The molecule has 0 bridgehead atoms. The van der Waals surface area contributed by atoms with Crippen molar-refractivity contribution in [3.63, 3.8) is 0 Å². The summed E-state index contributed by atoms with van der Waals surface area (Å²) in [4.78, 5) is 89.5. The number of imidazole rings is 2. The fourth-order valence-corrected chi connectivity index (χ4v) is 11.6. The Morgan fingerprint density at radius 1 is 0.954 bits per heavy atom. The number of fused-ring (bicyclic) bond motifs is 3. The number of H-pyrrole nitrogens is 1. The van der Waals surface area contributed by atoms with Crippen molar-refractivity contribution >= 4 is 85.2 Å². The zero-order valence-corrected chi connectivity index (χ0v) is 37.1. The van der Waals surface area contributed by atoms with Crippen molar-refractivity contribution in [3.05, 3.63) is 23.0 Å². The largest absolute Gasteiger partial charge is 0.472 e. The van der Waals surface area contributed by atoms with Gasteiger partial charge in [-0.05, 0) is 12.8 Å². The van der Waals surface area contributed by atoms with Gasteiger partial charge in [0.2, 0.25) is 11.9 Å². The van der Waals surface area contributed by atoms with Crippen LogP contribution in [0, 0.1) is 0 Å². The van der Waals surface area contributed by atoms with Crippen molar-refractivity contribution in [2.45, 2.75) is 97.3 Å². The summed E-state index contributed by atoms with van der Waals surface area (Å²) in [7, 11) is -10.4. The molecule has 0 aromatic carbocycles. The van der Waals surface area contributed by atoms with Crippen LogP contribution in [-0.4, -0.2) is 166 Å². The first kappa shape index (κ1) is 47.5. The second-order valence-electron chi connectivity index (χ2n) is 15.3. The minimum atomic E-state index is -5.31. The number of thioether (sulfide) groups is 2. The smallest absolute Gasteiger partial charge is 0.387 e.